The van der Waals surface area contributed by atoms with Crippen LogP contribution in [0.2, 0.25) is 0 Å². The van der Waals surface area contributed by atoms with Crippen molar-refractivity contribution in [1.82, 2.24) is 19.5 Å². The van der Waals surface area contributed by atoms with Crippen LogP contribution in [0.25, 0.3) is 0 Å². The van der Waals surface area contributed by atoms with Gasteiger partial charge >= 0.3 is 16.3 Å². The van der Waals surface area contributed by atoms with E-state index in [4.69, 9.17) is 4.18 Å². The zero-order valence-electron chi connectivity index (χ0n) is 21.3. The van der Waals surface area contributed by atoms with E-state index < -0.39 is 22.3 Å². The predicted molar refractivity (Wildman–Crippen MR) is 140 cm³/mol. The molecule has 1 unspecified atom stereocenters. The normalized spacial score (nSPS) is 14.1. The first-order valence-corrected chi connectivity index (χ1v) is 13.7. The molecule has 4 rings (SSSR count). The van der Waals surface area contributed by atoms with Crippen LogP contribution in [0.5, 0.6) is 0 Å². The summed E-state index contributed by atoms with van der Waals surface area (Å²) in [7, 11) is -4.31. The van der Waals surface area contributed by atoms with Crippen molar-refractivity contribution in [2.24, 2.45) is 0 Å². The van der Waals surface area contributed by atoms with Crippen molar-refractivity contribution in [3.63, 3.8) is 0 Å². The van der Waals surface area contributed by atoms with Crippen LogP contribution in [0, 0.1) is 20.8 Å². The zero-order valence-corrected chi connectivity index (χ0v) is 22.1. The van der Waals surface area contributed by atoms with Crippen LogP contribution in [-0.2, 0) is 51.7 Å². The highest BCUT2D eigenvalue weighted by Crippen LogP contribution is 2.21. The number of benzene rings is 1. The monoisotopic (exact) mass is 527 g/mol. The first-order chi connectivity index (χ1) is 17.6. The lowest BCUT2D eigenvalue weighted by molar-refractivity contribution is -0.139. The molecule has 3 N–H and O–H groups in total. The van der Waals surface area contributed by atoms with Crippen molar-refractivity contribution < 1.29 is 22.5 Å². The van der Waals surface area contributed by atoms with Crippen molar-refractivity contribution in [1.29, 1.82) is 0 Å². The molecule has 3 heterocycles. The minimum atomic E-state index is -4.31. The third kappa shape index (κ3) is 7.15. The highest BCUT2D eigenvalue weighted by atomic mass is 32.2. The van der Waals surface area contributed by atoms with E-state index in [1.165, 1.54) is 5.56 Å². The maximum atomic E-state index is 12.5. The summed E-state index contributed by atoms with van der Waals surface area (Å²) in [5, 5.41) is 17.2. The minimum Gasteiger partial charge on any atom is -0.480 e. The number of nitrogens with zero attached hydrogens (tertiary/aromatic N) is 3. The van der Waals surface area contributed by atoms with Crippen LogP contribution < -0.4 is 10.0 Å². The number of nitrogens with one attached hydrogen (secondary N) is 2. The number of hydrogen-bond acceptors (Lipinski definition) is 7. The second-order valence-electron chi connectivity index (χ2n) is 9.55. The molecule has 0 bridgehead atoms. The van der Waals surface area contributed by atoms with Gasteiger partial charge in [-0.25, -0.2) is 4.98 Å². The van der Waals surface area contributed by atoms with Gasteiger partial charge in [-0.15, -0.1) is 0 Å². The van der Waals surface area contributed by atoms with E-state index >= 15 is 0 Å². The smallest absolute Gasteiger partial charge is 0.336 e. The average molecular weight is 528 g/mol. The van der Waals surface area contributed by atoms with Crippen LogP contribution in [-0.4, -0.2) is 46.8 Å². The molecule has 0 fully saturated rings. The number of rotatable bonds is 11. The Kier molecular flexibility index (Phi) is 8.25. The molecule has 10 nitrogen and oxygen atoms in total. The molecule has 1 atom stereocenters. The van der Waals surface area contributed by atoms with Crippen molar-refractivity contribution in [3.8, 4) is 0 Å². The highest BCUT2D eigenvalue weighted by molar-refractivity contribution is 7.84. The fourth-order valence-electron chi connectivity index (χ4n) is 4.61. The van der Waals surface area contributed by atoms with E-state index in [0.29, 0.717) is 12.1 Å². The lowest BCUT2D eigenvalue weighted by Gasteiger charge is -2.17. The van der Waals surface area contributed by atoms with Gasteiger partial charge in [0.05, 0.1) is 12.8 Å². The second kappa shape index (κ2) is 11.4. The topological polar surface area (TPSA) is 135 Å². The van der Waals surface area contributed by atoms with Gasteiger partial charge in [-0.2, -0.15) is 18.2 Å². The van der Waals surface area contributed by atoms with Gasteiger partial charge in [-0.1, -0.05) is 23.8 Å². The van der Waals surface area contributed by atoms with Crippen molar-refractivity contribution >= 4 is 22.1 Å². The number of anilines is 1. The summed E-state index contributed by atoms with van der Waals surface area (Å²) >= 11 is 0. The second-order valence-corrected chi connectivity index (χ2v) is 10.9. The van der Waals surface area contributed by atoms with Crippen molar-refractivity contribution in [2.45, 2.75) is 65.6 Å². The number of aromatic nitrogens is 3. The molecule has 0 amide bonds. The molecule has 0 aliphatic carbocycles. The number of aryl methyl sites for hydroxylation is 6. The maximum absolute atomic E-state index is 12.5. The number of carboxylic acids is 1. The molecule has 0 saturated carbocycles. The van der Waals surface area contributed by atoms with E-state index in [-0.39, 0.29) is 13.0 Å². The van der Waals surface area contributed by atoms with Crippen LogP contribution in [0.3, 0.4) is 0 Å². The molecule has 2 aromatic heterocycles. The predicted octanol–water partition coefficient (Wildman–Crippen LogP) is 2.85. The SMILES string of the molecule is Cc1cc(C)c(COS(=O)(=O)NC(Cc2cnn(CCc3cnc4c(c3)CCCN4)c2)C(=O)O)c(C)c1. The Labute approximate surface area is 217 Å². The van der Waals surface area contributed by atoms with Gasteiger partial charge in [0.15, 0.2) is 0 Å². The Bertz CT molecular complexity index is 1360. The molecule has 0 radical (unpaired) electrons. The zero-order chi connectivity index (χ0) is 26.6. The Balaban J connectivity index is 1.34. The van der Waals surface area contributed by atoms with Gasteiger partial charge in [0.1, 0.15) is 11.9 Å². The van der Waals surface area contributed by atoms with E-state index in [2.05, 4.69) is 26.2 Å². The van der Waals surface area contributed by atoms with Crippen LogP contribution in [0.15, 0.2) is 36.8 Å². The molecular formula is C26H33N5O5S. The number of carbonyl (C=O) groups is 1. The van der Waals surface area contributed by atoms with Gasteiger partial charge in [-0.05, 0) is 73.4 Å². The summed E-state index contributed by atoms with van der Waals surface area (Å²) in [6.45, 7) is 7.10. The number of hydrogen-bond donors (Lipinski definition) is 3. The van der Waals surface area contributed by atoms with Gasteiger partial charge < -0.3 is 10.4 Å². The number of fused-ring (bicyclic) bond motifs is 1. The molecule has 1 aromatic carbocycles. The molecular weight excluding hydrogens is 494 g/mol. The molecule has 1 aliphatic rings. The fourth-order valence-corrected chi connectivity index (χ4v) is 5.48. The molecule has 3 aromatic rings. The lowest BCUT2D eigenvalue weighted by atomic mass is 10.0. The molecule has 37 heavy (non-hydrogen) atoms. The first-order valence-electron chi connectivity index (χ1n) is 12.3. The van der Waals surface area contributed by atoms with E-state index in [0.717, 1.165) is 59.4 Å². The average Bonchev–Trinajstić information content (AvgIpc) is 3.28. The van der Waals surface area contributed by atoms with E-state index in [9.17, 15) is 18.3 Å². The van der Waals surface area contributed by atoms with Crippen molar-refractivity contribution in [2.75, 3.05) is 11.9 Å². The Hall–Kier alpha value is -3.28. The van der Waals surface area contributed by atoms with Crippen LogP contribution in [0.1, 0.15) is 45.4 Å². The minimum absolute atomic E-state index is 0.0629. The van der Waals surface area contributed by atoms with E-state index in [1.807, 2.05) is 39.1 Å². The largest absolute Gasteiger partial charge is 0.480 e. The molecule has 1 aliphatic heterocycles. The summed E-state index contributed by atoms with van der Waals surface area (Å²) in [4.78, 5) is 16.3. The van der Waals surface area contributed by atoms with Crippen LogP contribution >= 0.6 is 0 Å². The summed E-state index contributed by atoms with van der Waals surface area (Å²) < 4.78 is 34.1. The van der Waals surface area contributed by atoms with Gasteiger partial charge in [0.25, 0.3) is 0 Å². The first kappa shape index (κ1) is 26.8. The van der Waals surface area contributed by atoms with Gasteiger partial charge in [-0.3, -0.25) is 13.7 Å². The Morgan fingerprint density at radius 3 is 2.68 bits per heavy atom. The molecule has 0 spiro atoms. The van der Waals surface area contributed by atoms with Gasteiger partial charge in [0, 0.05) is 31.9 Å². The number of aliphatic carboxylic acids is 1. The van der Waals surface area contributed by atoms with Crippen molar-refractivity contribution in [3.05, 3.63) is 75.7 Å². The third-order valence-electron chi connectivity index (χ3n) is 6.48. The van der Waals surface area contributed by atoms with E-state index in [1.54, 1.807) is 17.1 Å². The number of pyridine rings is 1. The lowest BCUT2D eigenvalue weighted by Crippen LogP contribution is -2.42. The Morgan fingerprint density at radius 2 is 1.95 bits per heavy atom. The highest BCUT2D eigenvalue weighted by Gasteiger charge is 2.26. The Morgan fingerprint density at radius 1 is 1.19 bits per heavy atom. The molecule has 198 valence electrons. The summed E-state index contributed by atoms with van der Waals surface area (Å²) in [6.07, 6.45) is 7.91. The van der Waals surface area contributed by atoms with Gasteiger partial charge in [0.2, 0.25) is 0 Å². The summed E-state index contributed by atoms with van der Waals surface area (Å²) in [6, 6.07) is 4.67. The molecule has 0 saturated heterocycles. The van der Waals surface area contributed by atoms with Crippen LogP contribution in [0.4, 0.5) is 5.82 Å². The summed E-state index contributed by atoms with van der Waals surface area (Å²) in [5.74, 6) is -0.344. The number of carboxylic acid groups (broad SMARTS) is 1. The quantitative estimate of drug-likeness (QED) is 0.346. The standard InChI is InChI=1S/C26H33N5O5S/c1-17-9-18(2)23(19(3)10-17)16-36-37(34,35)30-24(26(32)33)12-21-14-29-31(15-21)8-6-20-11-22-5-4-7-27-25(22)28-13-20/h9-11,13-15,24,30H,4-8,12,16H2,1-3H3,(H,27,28)(H,32,33). The third-order valence-corrected chi connectivity index (χ3v) is 7.48. The summed E-state index contributed by atoms with van der Waals surface area (Å²) in [5.41, 5.74) is 6.59. The fraction of sp³-hybridized carbons (Fsp3) is 0.423. The molecule has 11 heteroatoms. The maximum Gasteiger partial charge on any atom is 0.336 e.